The second-order valence-corrected chi connectivity index (χ2v) is 3.32. The maximum absolute atomic E-state index is 13.3. The smallest absolute Gasteiger partial charge is 0.128 e. The molecule has 0 aliphatic carbocycles. The van der Waals surface area contributed by atoms with Crippen LogP contribution in [-0.2, 0) is 4.84 Å². The van der Waals surface area contributed by atoms with Crippen molar-refractivity contribution < 1.29 is 13.6 Å². The molecule has 1 fully saturated rings. The number of hydroxylamine groups is 1. The highest BCUT2D eigenvalue weighted by atomic mass is 19.1. The van der Waals surface area contributed by atoms with Crippen LogP contribution in [0.5, 0.6) is 0 Å². The van der Waals surface area contributed by atoms with Crippen molar-refractivity contribution >= 4 is 0 Å². The minimum absolute atomic E-state index is 0.239. The third-order valence-electron chi connectivity index (χ3n) is 2.33. The molecule has 1 aliphatic heterocycles. The quantitative estimate of drug-likeness (QED) is 0.787. The Morgan fingerprint density at radius 2 is 2.21 bits per heavy atom. The van der Waals surface area contributed by atoms with Gasteiger partial charge in [0.1, 0.15) is 18.6 Å². The van der Waals surface area contributed by atoms with Crippen LogP contribution in [0.25, 0.3) is 0 Å². The maximum Gasteiger partial charge on any atom is 0.128 e. The van der Waals surface area contributed by atoms with Crippen LogP contribution in [0, 0.1) is 5.82 Å². The number of halogens is 2. The lowest BCUT2D eigenvalue weighted by atomic mass is 10.0. The van der Waals surface area contributed by atoms with Gasteiger partial charge in [-0.1, -0.05) is 18.2 Å². The van der Waals surface area contributed by atoms with Gasteiger partial charge in [-0.05, 0) is 12.5 Å². The summed E-state index contributed by atoms with van der Waals surface area (Å²) in [6.45, 7) is -0.544. The zero-order chi connectivity index (χ0) is 9.97. The molecule has 1 aromatic carbocycles. The molecule has 76 valence electrons. The molecule has 2 nitrogen and oxygen atoms in total. The lowest BCUT2D eigenvalue weighted by molar-refractivity contribution is 0.0137. The standard InChI is InChI=1S/C10H11F2NO/c11-6-7-5-10(13-14-7)8-3-1-2-4-9(8)12/h1-4,7,10,13H,5-6H2. The summed E-state index contributed by atoms with van der Waals surface area (Å²) < 4.78 is 25.5. The van der Waals surface area contributed by atoms with Crippen LogP contribution in [0.3, 0.4) is 0 Å². The minimum atomic E-state index is -0.544. The van der Waals surface area contributed by atoms with Crippen molar-refractivity contribution in [3.8, 4) is 0 Å². The normalized spacial score (nSPS) is 26.7. The molecular weight excluding hydrogens is 188 g/mol. The van der Waals surface area contributed by atoms with Gasteiger partial charge in [0.25, 0.3) is 0 Å². The molecule has 0 bridgehead atoms. The van der Waals surface area contributed by atoms with Gasteiger partial charge < -0.3 is 0 Å². The number of hydrogen-bond acceptors (Lipinski definition) is 2. The van der Waals surface area contributed by atoms with E-state index in [-0.39, 0.29) is 11.9 Å². The number of benzene rings is 1. The van der Waals surface area contributed by atoms with Gasteiger partial charge in [-0.3, -0.25) is 4.84 Å². The average molecular weight is 199 g/mol. The molecule has 0 saturated carbocycles. The van der Waals surface area contributed by atoms with Gasteiger partial charge in [0.05, 0.1) is 6.04 Å². The summed E-state index contributed by atoms with van der Waals surface area (Å²) >= 11 is 0. The van der Waals surface area contributed by atoms with E-state index in [1.165, 1.54) is 6.07 Å². The van der Waals surface area contributed by atoms with E-state index >= 15 is 0 Å². The Labute approximate surface area is 80.8 Å². The highest BCUT2D eigenvalue weighted by molar-refractivity contribution is 5.21. The Kier molecular flexibility index (Phi) is 2.74. The van der Waals surface area contributed by atoms with Crippen molar-refractivity contribution in [2.75, 3.05) is 6.67 Å². The number of alkyl halides is 1. The van der Waals surface area contributed by atoms with Crippen LogP contribution in [0.15, 0.2) is 24.3 Å². The SMILES string of the molecule is FCC1CC(c2ccccc2F)NO1. The van der Waals surface area contributed by atoms with E-state index in [9.17, 15) is 8.78 Å². The van der Waals surface area contributed by atoms with Gasteiger partial charge in [-0.25, -0.2) is 8.78 Å². The number of hydrogen-bond donors (Lipinski definition) is 1. The van der Waals surface area contributed by atoms with E-state index in [0.29, 0.717) is 12.0 Å². The van der Waals surface area contributed by atoms with E-state index in [2.05, 4.69) is 5.48 Å². The topological polar surface area (TPSA) is 21.3 Å². The van der Waals surface area contributed by atoms with Crippen molar-refractivity contribution in [3.05, 3.63) is 35.6 Å². The molecule has 1 aliphatic rings. The summed E-state index contributed by atoms with van der Waals surface area (Å²) in [6.07, 6.45) is 0.0110. The lowest BCUT2D eigenvalue weighted by Gasteiger charge is -2.08. The van der Waals surface area contributed by atoms with E-state index in [4.69, 9.17) is 4.84 Å². The number of nitrogens with one attached hydrogen (secondary N) is 1. The lowest BCUT2D eigenvalue weighted by Crippen LogP contribution is -2.13. The largest absolute Gasteiger partial charge is 0.295 e. The molecule has 2 unspecified atom stereocenters. The molecule has 2 atom stereocenters. The summed E-state index contributed by atoms with van der Waals surface area (Å²) in [5, 5.41) is 0. The molecular formula is C10H11F2NO. The van der Waals surface area contributed by atoms with Gasteiger partial charge in [-0.2, -0.15) is 5.48 Å². The molecule has 2 rings (SSSR count). The summed E-state index contributed by atoms with van der Waals surface area (Å²) in [5.74, 6) is -0.284. The van der Waals surface area contributed by atoms with Crippen LogP contribution in [0.1, 0.15) is 18.0 Å². The van der Waals surface area contributed by atoms with Crippen molar-refractivity contribution in [1.82, 2.24) is 5.48 Å². The predicted octanol–water partition coefficient (Wildman–Crippen LogP) is 2.13. The summed E-state index contributed by atoms with van der Waals surface area (Å²) in [6, 6.07) is 6.21. The van der Waals surface area contributed by atoms with Crippen LogP contribution in [0.4, 0.5) is 8.78 Å². The molecule has 1 N–H and O–H groups in total. The monoisotopic (exact) mass is 199 g/mol. The van der Waals surface area contributed by atoms with E-state index < -0.39 is 12.8 Å². The fourth-order valence-corrected chi connectivity index (χ4v) is 1.58. The fraction of sp³-hybridized carbons (Fsp3) is 0.400. The molecule has 0 aromatic heterocycles. The highest BCUT2D eigenvalue weighted by Crippen LogP contribution is 2.27. The van der Waals surface area contributed by atoms with Gasteiger partial charge in [0, 0.05) is 5.56 Å². The van der Waals surface area contributed by atoms with Gasteiger partial charge in [0.2, 0.25) is 0 Å². The van der Waals surface area contributed by atoms with Crippen LogP contribution < -0.4 is 5.48 Å². The van der Waals surface area contributed by atoms with Crippen molar-refractivity contribution in [2.45, 2.75) is 18.6 Å². The Morgan fingerprint density at radius 3 is 2.86 bits per heavy atom. The van der Waals surface area contributed by atoms with Crippen molar-refractivity contribution in [2.24, 2.45) is 0 Å². The summed E-state index contributed by atoms with van der Waals surface area (Å²) in [7, 11) is 0. The Bertz CT molecular complexity index is 319. The first kappa shape index (κ1) is 9.55. The maximum atomic E-state index is 13.3. The molecule has 1 aromatic rings. The second kappa shape index (κ2) is 4.02. The minimum Gasteiger partial charge on any atom is -0.295 e. The van der Waals surface area contributed by atoms with Crippen molar-refractivity contribution in [3.63, 3.8) is 0 Å². The average Bonchev–Trinajstić information content (AvgIpc) is 2.67. The van der Waals surface area contributed by atoms with Crippen molar-refractivity contribution in [1.29, 1.82) is 0 Å². The second-order valence-electron chi connectivity index (χ2n) is 3.32. The molecule has 0 amide bonds. The fourth-order valence-electron chi connectivity index (χ4n) is 1.58. The number of rotatable bonds is 2. The summed E-state index contributed by atoms with van der Waals surface area (Å²) in [4.78, 5) is 4.93. The zero-order valence-electron chi connectivity index (χ0n) is 7.54. The predicted molar refractivity (Wildman–Crippen MR) is 47.7 cm³/mol. The van der Waals surface area contributed by atoms with E-state index in [1.807, 2.05) is 0 Å². The third kappa shape index (κ3) is 1.76. The van der Waals surface area contributed by atoms with Gasteiger partial charge >= 0.3 is 0 Å². The molecule has 1 saturated heterocycles. The Hall–Kier alpha value is -1.00. The molecule has 0 radical (unpaired) electrons. The molecule has 14 heavy (non-hydrogen) atoms. The highest BCUT2D eigenvalue weighted by Gasteiger charge is 2.27. The van der Waals surface area contributed by atoms with Gasteiger partial charge in [0.15, 0.2) is 0 Å². The first-order chi connectivity index (χ1) is 6.81. The first-order valence-corrected chi connectivity index (χ1v) is 4.53. The van der Waals surface area contributed by atoms with Crippen LogP contribution in [-0.4, -0.2) is 12.8 Å². The Morgan fingerprint density at radius 1 is 1.43 bits per heavy atom. The molecule has 1 heterocycles. The molecule has 0 spiro atoms. The van der Waals surface area contributed by atoms with Gasteiger partial charge in [-0.15, -0.1) is 0 Å². The van der Waals surface area contributed by atoms with Crippen LogP contribution >= 0.6 is 0 Å². The first-order valence-electron chi connectivity index (χ1n) is 4.53. The van der Waals surface area contributed by atoms with Crippen LogP contribution in [0.2, 0.25) is 0 Å². The summed E-state index contributed by atoms with van der Waals surface area (Å²) in [5.41, 5.74) is 3.17. The Balaban J connectivity index is 2.13. The third-order valence-corrected chi connectivity index (χ3v) is 2.33. The zero-order valence-corrected chi connectivity index (χ0v) is 7.54. The van der Waals surface area contributed by atoms with E-state index in [0.717, 1.165) is 0 Å². The molecule has 4 heteroatoms. The van der Waals surface area contributed by atoms with E-state index in [1.54, 1.807) is 18.2 Å².